The van der Waals surface area contributed by atoms with E-state index in [0.717, 1.165) is 37.7 Å². The van der Waals surface area contributed by atoms with Gasteiger partial charge in [0.15, 0.2) is 0 Å². The van der Waals surface area contributed by atoms with Crippen LogP contribution < -0.4 is 5.32 Å². The van der Waals surface area contributed by atoms with Crippen molar-refractivity contribution < 1.29 is 14.3 Å². The number of nitrogens with one attached hydrogen (secondary N) is 1. The Morgan fingerprint density at radius 3 is 2.52 bits per heavy atom. The number of ether oxygens (including phenoxy) is 1. The molecule has 6 nitrogen and oxygen atoms in total. The van der Waals surface area contributed by atoms with Crippen LogP contribution >= 0.6 is 0 Å². The number of aryl methyl sites for hydroxylation is 2. The van der Waals surface area contributed by atoms with Gasteiger partial charge in [-0.05, 0) is 45.6 Å². The van der Waals surface area contributed by atoms with E-state index in [9.17, 15) is 9.59 Å². The Morgan fingerprint density at radius 2 is 1.96 bits per heavy atom. The van der Waals surface area contributed by atoms with Gasteiger partial charge in [-0.25, -0.2) is 0 Å². The number of nitrogens with zero attached hydrogens (tertiary/aromatic N) is 2. The zero-order chi connectivity index (χ0) is 18.5. The molecule has 1 fully saturated rings. The fourth-order valence-corrected chi connectivity index (χ4v) is 3.45. The van der Waals surface area contributed by atoms with Gasteiger partial charge in [0, 0.05) is 19.7 Å². The molecule has 1 aliphatic rings. The highest BCUT2D eigenvalue weighted by molar-refractivity contribution is 5.79. The topological polar surface area (TPSA) is 73.2 Å². The van der Waals surface area contributed by atoms with Gasteiger partial charge >= 0.3 is 5.97 Å². The molecule has 0 spiro atoms. The number of hydrogen-bond acceptors (Lipinski definition) is 4. The maximum Gasteiger partial charge on any atom is 0.308 e. The van der Waals surface area contributed by atoms with E-state index in [4.69, 9.17) is 4.74 Å². The molecule has 0 bridgehead atoms. The average molecular weight is 349 g/mol. The standard InChI is InChI=1S/C19H31N3O3/c1-18(2,3)25-17(24)12-19(10-6-5-7-11-19)21-16(23)9-8-15-13-20-22(4)14-15/h13-14H,5-12H2,1-4H3,(H,21,23). The average Bonchev–Trinajstić information content (AvgIpc) is 2.89. The first-order valence-corrected chi connectivity index (χ1v) is 9.18. The van der Waals surface area contributed by atoms with E-state index in [1.165, 1.54) is 0 Å². The quantitative estimate of drug-likeness (QED) is 0.802. The predicted molar refractivity (Wildman–Crippen MR) is 95.9 cm³/mol. The molecular formula is C19H31N3O3. The fourth-order valence-electron chi connectivity index (χ4n) is 3.45. The van der Waals surface area contributed by atoms with E-state index >= 15 is 0 Å². The first-order chi connectivity index (χ1) is 11.7. The van der Waals surface area contributed by atoms with Gasteiger partial charge in [0.2, 0.25) is 5.91 Å². The van der Waals surface area contributed by atoms with Crippen molar-refractivity contribution in [1.82, 2.24) is 15.1 Å². The molecule has 0 unspecified atom stereocenters. The summed E-state index contributed by atoms with van der Waals surface area (Å²) >= 11 is 0. The number of esters is 1. The molecule has 1 heterocycles. The van der Waals surface area contributed by atoms with E-state index in [-0.39, 0.29) is 18.3 Å². The van der Waals surface area contributed by atoms with E-state index in [2.05, 4.69) is 10.4 Å². The summed E-state index contributed by atoms with van der Waals surface area (Å²) in [6.07, 6.45) is 9.91. The maximum atomic E-state index is 12.5. The summed E-state index contributed by atoms with van der Waals surface area (Å²) in [7, 11) is 1.86. The molecule has 1 saturated carbocycles. The highest BCUT2D eigenvalue weighted by Crippen LogP contribution is 2.32. The Labute approximate surface area is 150 Å². The molecule has 0 saturated heterocycles. The van der Waals surface area contributed by atoms with Gasteiger partial charge in [-0.15, -0.1) is 0 Å². The minimum atomic E-state index is -0.503. The normalized spacial score (nSPS) is 17.1. The first-order valence-electron chi connectivity index (χ1n) is 9.18. The zero-order valence-electron chi connectivity index (χ0n) is 15.9. The van der Waals surface area contributed by atoms with Crippen LogP contribution in [0.3, 0.4) is 0 Å². The molecule has 2 rings (SSSR count). The van der Waals surface area contributed by atoms with Gasteiger partial charge < -0.3 is 10.1 Å². The van der Waals surface area contributed by atoms with Crippen LogP contribution in [0.2, 0.25) is 0 Å². The van der Waals surface area contributed by atoms with Crippen LogP contribution in [-0.4, -0.2) is 32.8 Å². The number of hydrogen-bond donors (Lipinski definition) is 1. The number of carbonyl (C=O) groups is 2. The third-order valence-electron chi connectivity index (χ3n) is 4.52. The molecule has 25 heavy (non-hydrogen) atoms. The monoisotopic (exact) mass is 349 g/mol. The Morgan fingerprint density at radius 1 is 1.28 bits per heavy atom. The van der Waals surface area contributed by atoms with E-state index < -0.39 is 11.1 Å². The first kappa shape index (κ1) is 19.5. The molecule has 0 aromatic carbocycles. The minimum Gasteiger partial charge on any atom is -0.460 e. The second-order valence-electron chi connectivity index (χ2n) is 8.17. The number of amides is 1. The van der Waals surface area contributed by atoms with Crippen molar-refractivity contribution in [2.24, 2.45) is 7.05 Å². The zero-order valence-corrected chi connectivity index (χ0v) is 15.9. The van der Waals surface area contributed by atoms with Crippen molar-refractivity contribution in [3.05, 3.63) is 18.0 Å². The molecule has 1 amide bonds. The number of rotatable bonds is 6. The molecule has 1 aliphatic carbocycles. The summed E-state index contributed by atoms with van der Waals surface area (Å²) in [5, 5.41) is 7.28. The Kier molecular flexibility index (Phi) is 6.25. The number of carbonyl (C=O) groups excluding carboxylic acids is 2. The third-order valence-corrected chi connectivity index (χ3v) is 4.52. The lowest BCUT2D eigenvalue weighted by atomic mass is 9.79. The Bertz CT molecular complexity index is 595. The molecule has 1 aromatic rings. The van der Waals surface area contributed by atoms with Crippen LogP contribution in [0.15, 0.2) is 12.4 Å². The molecule has 6 heteroatoms. The van der Waals surface area contributed by atoms with Gasteiger partial charge in [-0.1, -0.05) is 19.3 Å². The summed E-state index contributed by atoms with van der Waals surface area (Å²) in [5.74, 6) is -0.240. The van der Waals surface area contributed by atoms with Gasteiger partial charge in [0.1, 0.15) is 5.60 Å². The van der Waals surface area contributed by atoms with E-state index in [1.807, 2.05) is 34.0 Å². The van der Waals surface area contributed by atoms with Crippen molar-refractivity contribution >= 4 is 11.9 Å². The van der Waals surface area contributed by atoms with Crippen molar-refractivity contribution in [3.63, 3.8) is 0 Å². The number of aromatic nitrogens is 2. The van der Waals surface area contributed by atoms with Gasteiger partial charge in [-0.2, -0.15) is 5.10 Å². The van der Waals surface area contributed by atoms with Crippen LogP contribution in [-0.2, 0) is 27.8 Å². The van der Waals surface area contributed by atoms with Gasteiger partial charge in [0.25, 0.3) is 0 Å². The summed E-state index contributed by atoms with van der Waals surface area (Å²) < 4.78 is 7.21. The van der Waals surface area contributed by atoms with E-state index in [0.29, 0.717) is 12.8 Å². The van der Waals surface area contributed by atoms with Gasteiger partial charge in [-0.3, -0.25) is 14.3 Å². The minimum absolute atomic E-state index is 0.00527. The summed E-state index contributed by atoms with van der Waals surface area (Å²) in [5.41, 5.74) is 0.0895. The lowest BCUT2D eigenvalue weighted by Gasteiger charge is -2.38. The lowest BCUT2D eigenvalue weighted by Crippen LogP contribution is -2.51. The molecule has 1 N–H and O–H groups in total. The molecule has 1 aromatic heterocycles. The highest BCUT2D eigenvalue weighted by atomic mass is 16.6. The van der Waals surface area contributed by atoms with E-state index in [1.54, 1.807) is 10.9 Å². The molecule has 140 valence electrons. The van der Waals surface area contributed by atoms with Crippen LogP contribution in [0, 0.1) is 0 Å². The van der Waals surface area contributed by atoms with Crippen molar-refractivity contribution in [2.75, 3.05) is 0 Å². The Hall–Kier alpha value is -1.85. The molecule has 0 atom stereocenters. The highest BCUT2D eigenvalue weighted by Gasteiger charge is 2.37. The second kappa shape index (κ2) is 8.02. The maximum absolute atomic E-state index is 12.5. The molecule has 0 radical (unpaired) electrons. The SMILES string of the molecule is Cn1cc(CCC(=O)NC2(CC(=O)OC(C)(C)C)CCCCC2)cn1. The lowest BCUT2D eigenvalue weighted by molar-refractivity contribution is -0.157. The van der Waals surface area contributed by atoms with Crippen LogP contribution in [0.1, 0.15) is 71.3 Å². The summed E-state index contributed by atoms with van der Waals surface area (Å²) in [6, 6.07) is 0. The Balaban J connectivity index is 1.94. The van der Waals surface area contributed by atoms with Gasteiger partial charge in [0.05, 0.1) is 18.2 Å². The van der Waals surface area contributed by atoms with Crippen LogP contribution in [0.5, 0.6) is 0 Å². The van der Waals surface area contributed by atoms with Crippen LogP contribution in [0.4, 0.5) is 0 Å². The van der Waals surface area contributed by atoms with Crippen molar-refractivity contribution in [3.8, 4) is 0 Å². The van der Waals surface area contributed by atoms with Crippen molar-refractivity contribution in [1.29, 1.82) is 0 Å². The summed E-state index contributed by atoms with van der Waals surface area (Å²) in [6.45, 7) is 5.60. The van der Waals surface area contributed by atoms with Crippen LogP contribution in [0.25, 0.3) is 0 Å². The predicted octanol–water partition coefficient (Wildman–Crippen LogP) is 2.90. The third kappa shape index (κ3) is 6.52. The second-order valence-corrected chi connectivity index (χ2v) is 8.17. The molecular weight excluding hydrogens is 318 g/mol. The van der Waals surface area contributed by atoms with Crippen molar-refractivity contribution in [2.45, 2.75) is 83.3 Å². The smallest absolute Gasteiger partial charge is 0.308 e. The molecule has 0 aliphatic heterocycles. The largest absolute Gasteiger partial charge is 0.460 e. The fraction of sp³-hybridized carbons (Fsp3) is 0.737. The summed E-state index contributed by atoms with van der Waals surface area (Å²) in [4.78, 5) is 24.8.